The first-order valence-corrected chi connectivity index (χ1v) is 28.8. The van der Waals surface area contributed by atoms with Gasteiger partial charge in [-0.1, -0.05) is 67.5 Å². The van der Waals surface area contributed by atoms with Crippen LogP contribution in [0, 0.1) is 31.1 Å². The number of nitrogens with one attached hydrogen (secondary N) is 1. The van der Waals surface area contributed by atoms with E-state index in [-0.39, 0.29) is 74.5 Å². The van der Waals surface area contributed by atoms with Crippen LogP contribution < -0.4 is 30.3 Å². The molecule has 428 valence electrons. The van der Waals surface area contributed by atoms with E-state index in [1.54, 1.807) is 23.4 Å². The molecule has 10 rings (SSSR count). The van der Waals surface area contributed by atoms with Crippen molar-refractivity contribution >= 4 is 51.5 Å². The molecule has 0 spiro atoms. The molecule has 0 saturated carbocycles. The maximum Gasteiger partial charge on any atom is 0.318 e. The molecule has 6 atom stereocenters. The molecule has 3 aromatic heterocycles. The lowest BCUT2D eigenvalue weighted by atomic mass is 9.91. The molecule has 3 aromatic carbocycles. The maximum absolute atomic E-state index is 14.0. The summed E-state index contributed by atoms with van der Waals surface area (Å²) in [5.74, 6) is 0.339. The van der Waals surface area contributed by atoms with E-state index in [9.17, 15) is 24.8 Å². The van der Waals surface area contributed by atoms with Crippen LogP contribution in [-0.2, 0) is 38.6 Å². The zero-order valence-corrected chi connectivity index (χ0v) is 47.5. The monoisotopic (exact) mass is 1120 g/mol. The van der Waals surface area contributed by atoms with E-state index in [2.05, 4.69) is 85.7 Å². The summed E-state index contributed by atoms with van der Waals surface area (Å²) >= 11 is 1.53. The van der Waals surface area contributed by atoms with Crippen molar-refractivity contribution in [1.29, 1.82) is 5.26 Å². The molecule has 4 aliphatic heterocycles. The Kier molecular flexibility index (Phi) is 17.9. The lowest BCUT2D eigenvalue weighted by Crippen LogP contribution is -2.57. The molecule has 21 nitrogen and oxygen atoms in total. The Balaban J connectivity index is 0.728. The van der Waals surface area contributed by atoms with Crippen LogP contribution in [0.3, 0.4) is 0 Å². The van der Waals surface area contributed by atoms with E-state index in [1.807, 2.05) is 39.0 Å². The minimum atomic E-state index is -0.866. The van der Waals surface area contributed by atoms with Gasteiger partial charge in [-0.25, -0.2) is 9.78 Å². The molecule has 0 aliphatic carbocycles. The second-order valence-corrected chi connectivity index (χ2v) is 22.7. The SMILES string of the molecule is Cc1cc([C@@H](C(=O)N2C[C@H](O)C[C@H]2C(=O)NCc2ccc(-c3scnc3C)cc2OCCOCCO[C@@H]2C[C@@H](COc3nc4c(c(N5CCN(C(N)=O)[C@@H](CC#N)C5)n3)CCN(c3cccc5ccccc35)C4)N(C)C2)C(C)C)on1. The van der Waals surface area contributed by atoms with Crippen molar-refractivity contribution in [2.24, 2.45) is 11.7 Å². The van der Waals surface area contributed by atoms with Crippen LogP contribution in [0.5, 0.6) is 11.8 Å². The van der Waals surface area contributed by atoms with Crippen molar-refractivity contribution in [3.05, 3.63) is 106 Å². The number of hydrogen-bond acceptors (Lipinski definition) is 18. The Labute approximate surface area is 475 Å². The van der Waals surface area contributed by atoms with E-state index in [1.165, 1.54) is 27.0 Å². The molecule has 0 bridgehead atoms. The number of aliphatic hydroxyl groups excluding tert-OH is 1. The predicted molar refractivity (Wildman–Crippen MR) is 305 cm³/mol. The van der Waals surface area contributed by atoms with Gasteiger partial charge in [0, 0.05) is 86.5 Å². The van der Waals surface area contributed by atoms with Crippen LogP contribution in [-0.4, -0.2) is 167 Å². The number of urea groups is 1. The summed E-state index contributed by atoms with van der Waals surface area (Å²) in [4.78, 5) is 65.6. The highest BCUT2D eigenvalue weighted by atomic mass is 32.1. The maximum atomic E-state index is 14.0. The Morgan fingerprint density at radius 3 is 2.53 bits per heavy atom. The van der Waals surface area contributed by atoms with Gasteiger partial charge in [-0.3, -0.25) is 14.5 Å². The van der Waals surface area contributed by atoms with Crippen molar-refractivity contribution in [2.75, 3.05) is 89.2 Å². The smallest absolute Gasteiger partial charge is 0.318 e. The number of nitrogens with zero attached hydrogens (tertiary/aromatic N) is 10. The van der Waals surface area contributed by atoms with E-state index < -0.39 is 24.1 Å². The molecule has 3 fully saturated rings. The lowest BCUT2D eigenvalue weighted by molar-refractivity contribution is -0.141. The molecule has 0 unspecified atom stereocenters. The van der Waals surface area contributed by atoms with Gasteiger partial charge in [0.25, 0.3) is 0 Å². The average Bonchev–Trinajstić information content (AvgIpc) is 4.35. The minimum Gasteiger partial charge on any atom is -0.491 e. The number of carbonyl (C=O) groups is 3. The first kappa shape index (κ1) is 56.8. The van der Waals surface area contributed by atoms with Gasteiger partial charge in [0.1, 0.15) is 42.5 Å². The number of carbonyl (C=O) groups excluding carboxylic acids is 3. The zero-order chi connectivity index (χ0) is 56.7. The number of piperazine rings is 1. The van der Waals surface area contributed by atoms with Crippen molar-refractivity contribution < 1.29 is 43.0 Å². The molecule has 7 heterocycles. The molecule has 4 N–H and O–H groups in total. The van der Waals surface area contributed by atoms with Crippen molar-refractivity contribution in [3.63, 3.8) is 0 Å². The molecule has 4 aliphatic rings. The summed E-state index contributed by atoms with van der Waals surface area (Å²) < 4.78 is 30.7. The number of aliphatic hydroxyl groups is 1. The normalized spacial score (nSPS) is 20.6. The number of benzene rings is 3. The summed E-state index contributed by atoms with van der Waals surface area (Å²) in [5, 5.41) is 29.7. The van der Waals surface area contributed by atoms with Gasteiger partial charge in [0.2, 0.25) is 11.8 Å². The van der Waals surface area contributed by atoms with Crippen molar-refractivity contribution in [1.82, 2.24) is 40.1 Å². The largest absolute Gasteiger partial charge is 0.491 e. The van der Waals surface area contributed by atoms with E-state index >= 15 is 0 Å². The average molecular weight is 1130 g/mol. The summed E-state index contributed by atoms with van der Waals surface area (Å²) in [6.45, 7) is 12.7. The number of nitrogens with two attached hydrogens (primary N) is 1. The summed E-state index contributed by atoms with van der Waals surface area (Å²) in [6, 6.07) is 23.1. The third-order valence-corrected chi connectivity index (χ3v) is 16.9. The van der Waals surface area contributed by atoms with Gasteiger partial charge in [-0.05, 0) is 62.7 Å². The molecule has 6 aromatic rings. The first-order valence-electron chi connectivity index (χ1n) is 27.9. The molecule has 22 heteroatoms. The topological polar surface area (TPSA) is 251 Å². The second kappa shape index (κ2) is 25.6. The number of hydrogen-bond donors (Lipinski definition) is 3. The number of aromatic nitrogens is 4. The highest BCUT2D eigenvalue weighted by Gasteiger charge is 2.43. The van der Waals surface area contributed by atoms with Crippen molar-refractivity contribution in [3.8, 4) is 28.3 Å². The number of rotatable bonds is 21. The fourth-order valence-corrected chi connectivity index (χ4v) is 12.5. The third kappa shape index (κ3) is 13.0. The fourth-order valence-electron chi connectivity index (χ4n) is 11.7. The van der Waals surface area contributed by atoms with Gasteiger partial charge in [0.15, 0.2) is 0 Å². The number of nitriles is 1. The molecule has 81 heavy (non-hydrogen) atoms. The molecular weight excluding hydrogens is 1050 g/mol. The standard InChI is InChI=1S/C59H72N12O9S/c1-36(2)53(52-25-37(3)66-80-52)57(74)71-31-44(72)28-50(71)56(73)62-29-41-14-13-40(54-38(4)63-35-81-54)26-51(41)78-24-22-76-21-23-77-45-27-43(67(5)32-45)34-79-59-64-48-33-68(49-12-8-10-39-9-6-7-11-46(39)49)18-16-47(48)55(65-59)69-19-20-70(58(61)75)42(30-69)15-17-60/h6-14,25-26,35-36,42-45,50,53,72H,15-16,18-24,27-34H2,1-5H3,(H2,61,75)(H,62,73)/t42-,43-,44+,45+,50-,53-/m0/s1. The number of β-amino-alcohol motifs (C(OH)–C–C–N with tert-alkyl or cyclic N) is 1. The minimum absolute atomic E-state index is 0.0412. The van der Waals surface area contributed by atoms with Crippen LogP contribution in [0.25, 0.3) is 21.2 Å². The van der Waals surface area contributed by atoms with Gasteiger partial charge in [-0.2, -0.15) is 15.2 Å². The van der Waals surface area contributed by atoms with E-state index in [4.69, 9.17) is 39.2 Å². The lowest BCUT2D eigenvalue weighted by Gasteiger charge is -2.41. The number of primary amides is 1. The molecule has 4 amide bonds. The van der Waals surface area contributed by atoms with E-state index in [0.717, 1.165) is 57.4 Å². The molecule has 0 radical (unpaired) electrons. The number of amides is 4. The highest BCUT2D eigenvalue weighted by Crippen LogP contribution is 2.37. The van der Waals surface area contributed by atoms with Crippen LogP contribution in [0.1, 0.15) is 73.0 Å². The number of likely N-dealkylation sites (N-methyl/N-ethyl adjacent to an activating group) is 1. The van der Waals surface area contributed by atoms with Crippen LogP contribution in [0.2, 0.25) is 0 Å². The number of aryl methyl sites for hydroxylation is 2. The van der Waals surface area contributed by atoms with Crippen molar-refractivity contribution in [2.45, 2.75) is 103 Å². The van der Waals surface area contributed by atoms with Crippen LogP contribution in [0.15, 0.2) is 76.8 Å². The first-order chi connectivity index (χ1) is 39.2. The van der Waals surface area contributed by atoms with Gasteiger partial charge in [-0.15, -0.1) is 11.3 Å². The Hall–Kier alpha value is -7.42. The van der Waals surface area contributed by atoms with Gasteiger partial charge in [0.05, 0.1) is 84.6 Å². The summed E-state index contributed by atoms with van der Waals surface area (Å²) in [5.41, 5.74) is 13.9. The fraction of sp³-hybridized carbons (Fsp3) is 0.492. The zero-order valence-electron chi connectivity index (χ0n) is 46.7. The van der Waals surface area contributed by atoms with Crippen LogP contribution >= 0.6 is 11.3 Å². The second-order valence-electron chi connectivity index (χ2n) is 21.8. The Morgan fingerprint density at radius 1 is 0.926 bits per heavy atom. The third-order valence-electron chi connectivity index (χ3n) is 15.9. The number of likely N-dealkylation sites (tertiary alicyclic amines) is 2. The molecule has 3 saturated heterocycles. The highest BCUT2D eigenvalue weighted by molar-refractivity contribution is 7.13. The number of anilines is 2. The summed E-state index contributed by atoms with van der Waals surface area (Å²) in [6.07, 6.45) is 0.838. The van der Waals surface area contributed by atoms with E-state index in [0.29, 0.717) is 82.8 Å². The Morgan fingerprint density at radius 2 is 1.75 bits per heavy atom. The summed E-state index contributed by atoms with van der Waals surface area (Å²) in [7, 11) is 2.06. The number of thiazole rings is 1. The number of ether oxygens (including phenoxy) is 4. The Bertz CT molecular complexity index is 3230. The van der Waals surface area contributed by atoms with Crippen LogP contribution in [0.4, 0.5) is 16.3 Å². The number of fused-ring (bicyclic) bond motifs is 2. The van der Waals surface area contributed by atoms with Gasteiger partial charge < -0.3 is 59.2 Å². The quantitative estimate of drug-likeness (QED) is 0.0701. The predicted octanol–water partition coefficient (Wildman–Crippen LogP) is 5.99. The molecular formula is C59H72N12O9S. The van der Waals surface area contributed by atoms with Gasteiger partial charge >= 0.3 is 12.0 Å².